The molecule has 53 heavy (non-hydrogen) atoms. The highest BCUT2D eigenvalue weighted by Gasteiger charge is 2.20. The lowest BCUT2D eigenvalue weighted by Crippen LogP contribution is -2.35. The Kier molecular flexibility index (Phi) is 20.0. The predicted molar refractivity (Wildman–Crippen MR) is 203 cm³/mol. The quantitative estimate of drug-likeness (QED) is 0.0574. The van der Waals surface area contributed by atoms with Gasteiger partial charge in [-0.2, -0.15) is 0 Å². The zero-order chi connectivity index (χ0) is 39.7. The number of fused-ring (bicyclic) bond motifs is 1. The van der Waals surface area contributed by atoms with E-state index in [0.29, 0.717) is 29.4 Å². The maximum absolute atomic E-state index is 14.3. The van der Waals surface area contributed by atoms with Gasteiger partial charge in [0.05, 0.1) is 36.4 Å². The minimum absolute atomic E-state index is 0.0371. The van der Waals surface area contributed by atoms with Gasteiger partial charge >= 0.3 is 24.4 Å². The first-order valence-corrected chi connectivity index (χ1v) is 20.6. The van der Waals surface area contributed by atoms with E-state index in [1.807, 2.05) is 32.0 Å². The van der Waals surface area contributed by atoms with E-state index in [4.69, 9.17) is 42.8 Å². The van der Waals surface area contributed by atoms with Gasteiger partial charge in [-0.05, 0) is 67.7 Å². The molecule has 1 amide bonds. The number of esters is 1. The van der Waals surface area contributed by atoms with E-state index in [9.17, 15) is 28.1 Å². The third-order valence-corrected chi connectivity index (χ3v) is 10.3. The van der Waals surface area contributed by atoms with Crippen molar-refractivity contribution in [2.45, 2.75) is 58.0 Å². The highest BCUT2D eigenvalue weighted by molar-refractivity contribution is 8.00. The Morgan fingerprint density at radius 2 is 1.85 bits per heavy atom. The first-order chi connectivity index (χ1) is 25.1. The summed E-state index contributed by atoms with van der Waals surface area (Å²) in [5, 5.41) is 10.3. The van der Waals surface area contributed by atoms with Gasteiger partial charge in [0.1, 0.15) is 24.1 Å². The number of carboxylic acids is 1. The minimum atomic E-state index is -4.10. The molecule has 3 aromatic rings. The van der Waals surface area contributed by atoms with E-state index in [1.165, 1.54) is 13.2 Å². The van der Waals surface area contributed by atoms with E-state index in [1.54, 1.807) is 14.3 Å². The Bertz CT molecular complexity index is 1890. The van der Waals surface area contributed by atoms with E-state index in [0.717, 1.165) is 65.2 Å². The van der Waals surface area contributed by atoms with Crippen molar-refractivity contribution in [1.29, 1.82) is 0 Å². The smallest absolute Gasteiger partial charge is 0.339 e. The van der Waals surface area contributed by atoms with Crippen LogP contribution in [0.4, 0.5) is 15.8 Å². The van der Waals surface area contributed by atoms with Crippen molar-refractivity contribution in [3.63, 3.8) is 0 Å². The molecule has 0 saturated heterocycles. The van der Waals surface area contributed by atoms with Crippen LogP contribution in [0.3, 0.4) is 0 Å². The minimum Gasteiger partial charge on any atom is -0.480 e. The number of amides is 1. The van der Waals surface area contributed by atoms with Gasteiger partial charge in [-0.1, -0.05) is 36.7 Å². The molecule has 2 heterocycles. The van der Waals surface area contributed by atoms with E-state index in [2.05, 4.69) is 22.0 Å². The number of methoxy groups -OCH3 is 1. The van der Waals surface area contributed by atoms with Crippen molar-refractivity contribution in [3.05, 3.63) is 66.8 Å². The zero-order valence-electron chi connectivity index (χ0n) is 29.6. The van der Waals surface area contributed by atoms with Gasteiger partial charge in [-0.3, -0.25) is 38.6 Å². The molecule has 0 aliphatic carbocycles. The summed E-state index contributed by atoms with van der Waals surface area (Å²) in [4.78, 5) is 68.2. The van der Waals surface area contributed by atoms with Gasteiger partial charge < -0.3 is 24.4 Å². The largest absolute Gasteiger partial charge is 0.480 e. The Balaban J connectivity index is 0.000000304. The number of para-hydroxylation sites is 1. The lowest BCUT2D eigenvalue weighted by atomic mass is 10.0. The molecule has 1 aromatic heterocycles. The molecular formula is C32H43Cl2FN5O10PS2. The molecule has 4 rings (SSSR count). The number of benzene rings is 2. The van der Waals surface area contributed by atoms with Crippen LogP contribution in [0.5, 0.6) is 0 Å². The maximum Gasteiger partial charge on any atom is 0.339 e. The molecule has 0 saturated carbocycles. The number of hydrogen-bond donors (Lipinski definition) is 4. The number of hydrogen-bond acceptors (Lipinski definition) is 11. The lowest BCUT2D eigenvalue weighted by Gasteiger charge is -2.25. The number of ether oxygens (including phenoxy) is 2. The Morgan fingerprint density at radius 3 is 2.43 bits per heavy atom. The topological polar surface area (TPSA) is 202 Å². The lowest BCUT2D eigenvalue weighted by molar-refractivity contribution is -0.137. The number of alkyl halides is 1. The second-order valence-corrected chi connectivity index (χ2v) is 15.2. The second kappa shape index (κ2) is 23.0. The van der Waals surface area contributed by atoms with Crippen LogP contribution in [0.2, 0.25) is 5.02 Å². The molecule has 0 unspecified atom stereocenters. The number of carboxylic acid groups (broad SMARTS) is 1. The van der Waals surface area contributed by atoms with E-state index < -0.39 is 38.2 Å². The standard InChI is InChI=1S/C15H15ClFN3O3S2.C14H20ClNO2.C3H8NO5P/c1-23-13(21)8-24-12-7-11(10(17)6-9(12)16)18-14-19-4-2-3-5-20(19)15(22)25-14;1-4-12-8-6-7-11(3)14(12)16(10-18-5-2)13(17)9-15;5-3(6)1-4-2-10(7,8)9/h6-7H,2-5,8H2,1H3;6-8H,4-5,9-10H2,1-3H3;4H,1-2H2,(H,5,6)(H2,7,8,9). The summed E-state index contributed by atoms with van der Waals surface area (Å²) in [6, 6.07) is 8.67. The molecule has 15 nitrogen and oxygen atoms in total. The predicted octanol–water partition coefficient (Wildman–Crippen LogP) is 4.71. The van der Waals surface area contributed by atoms with Crippen molar-refractivity contribution in [2.75, 3.05) is 49.8 Å². The van der Waals surface area contributed by atoms with Gasteiger partial charge in [-0.15, -0.1) is 23.4 Å². The van der Waals surface area contributed by atoms with Gasteiger partial charge in [0.2, 0.25) is 10.7 Å². The highest BCUT2D eigenvalue weighted by Crippen LogP contribution is 2.33. The van der Waals surface area contributed by atoms with Crippen LogP contribution in [0.25, 0.3) is 0 Å². The van der Waals surface area contributed by atoms with Gasteiger partial charge in [0.25, 0.3) is 0 Å². The van der Waals surface area contributed by atoms with Crippen molar-refractivity contribution in [1.82, 2.24) is 14.7 Å². The Labute approximate surface area is 323 Å². The maximum atomic E-state index is 14.3. The number of carbonyl (C=O) groups excluding carboxylic acids is 2. The summed E-state index contributed by atoms with van der Waals surface area (Å²) < 4.78 is 37.7. The average Bonchev–Trinajstić information content (AvgIpc) is 3.43. The molecule has 21 heteroatoms. The molecule has 4 N–H and O–H groups in total. The SMILES string of the molecule is CCOCN(C(=O)CCl)c1c(C)cccc1CC.COC(=O)CSc1cc(N=c2sc(=O)n3n2CCCC3)c(F)cc1Cl.O=C(O)CNCP(=O)(O)O. The number of aromatic nitrogens is 2. The number of nitrogens with one attached hydrogen (secondary N) is 1. The van der Waals surface area contributed by atoms with Gasteiger partial charge in [0, 0.05) is 24.6 Å². The highest BCUT2D eigenvalue weighted by atomic mass is 35.5. The molecule has 0 fully saturated rings. The molecule has 2 aromatic carbocycles. The van der Waals surface area contributed by atoms with Crippen LogP contribution in [0, 0.1) is 12.7 Å². The van der Waals surface area contributed by atoms with Crippen molar-refractivity contribution in [3.8, 4) is 0 Å². The average molecular weight is 843 g/mol. The molecule has 0 atom stereocenters. The van der Waals surface area contributed by atoms with Gasteiger partial charge in [-0.25, -0.2) is 14.1 Å². The van der Waals surface area contributed by atoms with Crippen LogP contribution < -0.4 is 19.9 Å². The normalized spacial score (nSPS) is 12.5. The number of halogens is 3. The van der Waals surface area contributed by atoms with E-state index >= 15 is 0 Å². The molecular weight excluding hydrogens is 799 g/mol. The molecule has 294 valence electrons. The van der Waals surface area contributed by atoms with E-state index in [-0.39, 0.29) is 39.9 Å². The van der Waals surface area contributed by atoms with Crippen LogP contribution in [0.15, 0.2) is 45.0 Å². The van der Waals surface area contributed by atoms with Crippen LogP contribution in [0.1, 0.15) is 37.8 Å². The number of thioether (sulfide) groups is 1. The first-order valence-electron chi connectivity index (χ1n) is 16.1. The molecule has 1 aliphatic rings. The monoisotopic (exact) mass is 841 g/mol. The van der Waals surface area contributed by atoms with Crippen molar-refractivity contribution < 1.29 is 47.7 Å². The molecule has 1 aliphatic heterocycles. The zero-order valence-corrected chi connectivity index (χ0v) is 33.6. The first kappa shape index (κ1) is 46.1. The van der Waals surface area contributed by atoms with Gasteiger partial charge in [0.15, 0.2) is 0 Å². The third-order valence-electron chi connectivity index (χ3n) is 7.09. The summed E-state index contributed by atoms with van der Waals surface area (Å²) in [5.74, 6) is -2.24. The molecule has 0 radical (unpaired) electrons. The van der Waals surface area contributed by atoms with Crippen LogP contribution in [-0.4, -0.2) is 87.0 Å². The molecule has 0 bridgehead atoms. The summed E-state index contributed by atoms with van der Waals surface area (Å²) in [6.07, 6.45) is 2.17. The van der Waals surface area contributed by atoms with Crippen LogP contribution >= 0.6 is 53.9 Å². The number of anilines is 1. The Morgan fingerprint density at radius 1 is 1.17 bits per heavy atom. The fourth-order valence-corrected chi connectivity index (χ4v) is 7.18. The molecule has 0 spiro atoms. The fourth-order valence-electron chi connectivity index (χ4n) is 4.65. The number of aryl methyl sites for hydroxylation is 2. The number of carbonyl (C=O) groups is 3. The summed E-state index contributed by atoms with van der Waals surface area (Å²) in [6.45, 7) is 7.68. The van der Waals surface area contributed by atoms with Crippen molar-refractivity contribution >= 4 is 83.1 Å². The summed E-state index contributed by atoms with van der Waals surface area (Å²) >= 11 is 13.8. The summed E-state index contributed by atoms with van der Waals surface area (Å²) in [5.41, 5.74) is 3.21. The number of nitrogens with zero attached hydrogens (tertiary/aromatic N) is 4. The summed E-state index contributed by atoms with van der Waals surface area (Å²) in [7, 11) is -2.80. The Hall–Kier alpha value is -3.06. The van der Waals surface area contributed by atoms with Crippen molar-refractivity contribution in [2.24, 2.45) is 4.99 Å². The third kappa shape index (κ3) is 15.3. The fraction of sp³-hybridized carbons (Fsp3) is 0.469. The van der Waals surface area contributed by atoms with Crippen LogP contribution in [-0.2, 0) is 47.9 Å². The second-order valence-electron chi connectivity index (χ2n) is 11.0. The number of rotatable bonds is 14. The number of aliphatic carboxylic acids is 1.